The molecule has 7 rings (SSSR count). The molecule has 0 bridgehead atoms. The van der Waals surface area contributed by atoms with Gasteiger partial charge in [0.1, 0.15) is 41.1 Å². The largest absolute Gasteiger partial charge is 0.490 e. The van der Waals surface area contributed by atoms with E-state index in [1.54, 1.807) is 17.2 Å². The lowest BCUT2D eigenvalue weighted by atomic mass is 9.94. The third kappa shape index (κ3) is 5.68. The van der Waals surface area contributed by atoms with E-state index >= 15 is 4.39 Å². The zero-order chi connectivity index (χ0) is 34.6. The Hall–Kier alpha value is -4.94. The van der Waals surface area contributed by atoms with E-state index < -0.39 is 11.6 Å². The first-order valence-electron chi connectivity index (χ1n) is 16.3. The van der Waals surface area contributed by atoms with E-state index in [1.807, 2.05) is 24.6 Å². The van der Waals surface area contributed by atoms with Gasteiger partial charge in [0.05, 0.1) is 36.2 Å². The third-order valence-corrected chi connectivity index (χ3v) is 9.66. The van der Waals surface area contributed by atoms with Crippen molar-refractivity contribution in [1.82, 2.24) is 29.5 Å². The standard InChI is InChI=1S/C37H38F2N6O4/c1-7-32(46)44-18-21(3)45-30(22(44)4)16-29(42-45)36-33(34-27(39)14-25(38)15-31(34)48-11-10-47-6)26-8-9-49-37(26)35(41-36)23-13-24-19-43(5)20(2)12-28(24)40-17-23/h7-9,13-17,20-22H,1,10-12,18-19H2,2-6H3. The van der Waals surface area contributed by atoms with E-state index in [-0.39, 0.29) is 42.5 Å². The minimum absolute atomic E-state index is 0.00563. The Labute approximate surface area is 283 Å². The molecule has 3 atom stereocenters. The fraction of sp³-hybridized carbons (Fsp3) is 0.351. The third-order valence-electron chi connectivity index (χ3n) is 9.66. The number of amides is 1. The minimum Gasteiger partial charge on any atom is -0.490 e. The molecule has 6 heterocycles. The monoisotopic (exact) mass is 668 g/mol. The van der Waals surface area contributed by atoms with Gasteiger partial charge in [-0.2, -0.15) is 5.10 Å². The van der Waals surface area contributed by atoms with Crippen LogP contribution in [0.4, 0.5) is 8.78 Å². The second-order valence-corrected chi connectivity index (χ2v) is 12.9. The van der Waals surface area contributed by atoms with Crippen molar-refractivity contribution in [3.63, 3.8) is 0 Å². The summed E-state index contributed by atoms with van der Waals surface area (Å²) >= 11 is 0. The van der Waals surface area contributed by atoms with E-state index in [9.17, 15) is 9.18 Å². The van der Waals surface area contributed by atoms with E-state index in [0.717, 1.165) is 47.6 Å². The van der Waals surface area contributed by atoms with E-state index in [0.29, 0.717) is 46.2 Å². The first-order valence-corrected chi connectivity index (χ1v) is 16.3. The number of hydrogen-bond donors (Lipinski definition) is 0. The molecule has 0 saturated heterocycles. The average Bonchev–Trinajstić information content (AvgIpc) is 3.75. The second-order valence-electron chi connectivity index (χ2n) is 12.9. The van der Waals surface area contributed by atoms with Crippen molar-refractivity contribution in [1.29, 1.82) is 0 Å². The van der Waals surface area contributed by atoms with Crippen molar-refractivity contribution >= 4 is 16.9 Å². The predicted molar refractivity (Wildman–Crippen MR) is 181 cm³/mol. The summed E-state index contributed by atoms with van der Waals surface area (Å²) in [5.41, 5.74) is 5.73. The van der Waals surface area contributed by atoms with Crippen molar-refractivity contribution in [3.8, 4) is 39.5 Å². The molecule has 0 saturated carbocycles. The normalized spacial score (nSPS) is 19.2. The van der Waals surface area contributed by atoms with Gasteiger partial charge < -0.3 is 18.8 Å². The number of methoxy groups -OCH3 is 1. The molecule has 4 aromatic heterocycles. The molecule has 10 nitrogen and oxygen atoms in total. The van der Waals surface area contributed by atoms with Crippen LogP contribution >= 0.6 is 0 Å². The van der Waals surface area contributed by atoms with Crippen molar-refractivity contribution in [3.05, 3.63) is 84.0 Å². The number of likely N-dealkylation sites (N-methyl/N-ethyl adjacent to an activating group) is 1. The number of benzene rings is 1. The van der Waals surface area contributed by atoms with Crippen LogP contribution in [0.5, 0.6) is 5.75 Å². The molecule has 0 spiro atoms. The Morgan fingerprint density at radius 3 is 2.69 bits per heavy atom. The van der Waals surface area contributed by atoms with Gasteiger partial charge in [-0.05, 0) is 57.7 Å². The second kappa shape index (κ2) is 12.8. The van der Waals surface area contributed by atoms with Crippen LogP contribution in [0.25, 0.3) is 44.7 Å². The summed E-state index contributed by atoms with van der Waals surface area (Å²) in [6, 6.07) is 7.57. The van der Waals surface area contributed by atoms with Crippen LogP contribution in [-0.4, -0.2) is 75.4 Å². The van der Waals surface area contributed by atoms with Gasteiger partial charge in [0.15, 0.2) is 5.58 Å². The Bertz CT molecular complexity index is 2090. The van der Waals surface area contributed by atoms with Crippen molar-refractivity contribution in [2.45, 2.75) is 51.9 Å². The number of hydrogen-bond acceptors (Lipinski definition) is 8. The number of aromatic nitrogens is 4. The topological polar surface area (TPSA) is 98.8 Å². The van der Waals surface area contributed by atoms with Gasteiger partial charge in [-0.3, -0.25) is 19.4 Å². The number of rotatable bonds is 8. The molecule has 2 aliphatic heterocycles. The van der Waals surface area contributed by atoms with Gasteiger partial charge >= 0.3 is 0 Å². The maximum Gasteiger partial charge on any atom is 0.246 e. The summed E-state index contributed by atoms with van der Waals surface area (Å²) in [4.78, 5) is 26.8. The molecule has 254 valence electrons. The van der Waals surface area contributed by atoms with Gasteiger partial charge in [0.2, 0.25) is 5.91 Å². The zero-order valence-electron chi connectivity index (χ0n) is 28.2. The average molecular weight is 669 g/mol. The van der Waals surface area contributed by atoms with Crippen LogP contribution in [0.3, 0.4) is 0 Å². The fourth-order valence-electron chi connectivity index (χ4n) is 6.93. The smallest absolute Gasteiger partial charge is 0.246 e. The molecule has 0 fully saturated rings. The summed E-state index contributed by atoms with van der Waals surface area (Å²) in [6.45, 7) is 11.2. The highest BCUT2D eigenvalue weighted by Gasteiger charge is 2.34. The minimum atomic E-state index is -0.827. The number of pyridine rings is 2. The van der Waals surface area contributed by atoms with E-state index in [4.69, 9.17) is 29.0 Å². The van der Waals surface area contributed by atoms with Gasteiger partial charge in [-0.1, -0.05) is 6.58 Å². The maximum atomic E-state index is 16.1. The molecule has 12 heteroatoms. The first kappa shape index (κ1) is 32.6. The summed E-state index contributed by atoms with van der Waals surface area (Å²) in [5.74, 6) is -1.80. The molecular formula is C37H38F2N6O4. The summed E-state index contributed by atoms with van der Waals surface area (Å²) in [7, 11) is 3.61. The van der Waals surface area contributed by atoms with Gasteiger partial charge in [0.25, 0.3) is 0 Å². The number of halogens is 2. The molecule has 49 heavy (non-hydrogen) atoms. The molecule has 1 aromatic carbocycles. The fourth-order valence-corrected chi connectivity index (χ4v) is 6.93. The van der Waals surface area contributed by atoms with Crippen molar-refractivity contribution < 1.29 is 27.5 Å². The van der Waals surface area contributed by atoms with Gasteiger partial charge in [-0.15, -0.1) is 0 Å². The van der Waals surface area contributed by atoms with Gasteiger partial charge in [0, 0.05) is 73.2 Å². The summed E-state index contributed by atoms with van der Waals surface area (Å²) < 4.78 is 49.9. The van der Waals surface area contributed by atoms with Crippen LogP contribution in [0.2, 0.25) is 0 Å². The summed E-state index contributed by atoms with van der Waals surface area (Å²) in [5, 5.41) is 5.55. The Morgan fingerprint density at radius 2 is 1.92 bits per heavy atom. The lowest BCUT2D eigenvalue weighted by Gasteiger charge is -2.36. The summed E-state index contributed by atoms with van der Waals surface area (Å²) in [6.07, 6.45) is 5.46. The molecule has 2 aliphatic rings. The zero-order valence-corrected chi connectivity index (χ0v) is 28.2. The lowest BCUT2D eigenvalue weighted by molar-refractivity contribution is -0.129. The number of ether oxygens (including phenoxy) is 2. The predicted octanol–water partition coefficient (Wildman–Crippen LogP) is 6.75. The van der Waals surface area contributed by atoms with E-state index in [1.165, 1.54) is 19.4 Å². The van der Waals surface area contributed by atoms with Gasteiger partial charge in [-0.25, -0.2) is 13.8 Å². The van der Waals surface area contributed by atoms with Crippen LogP contribution in [0, 0.1) is 11.6 Å². The molecule has 3 unspecified atom stereocenters. The SMILES string of the molecule is C=CC(=O)N1CC(C)n2nc(-c3nc(-c4cnc5c(c4)CN(C)C(C)C5)c4occc4c3-c3c(F)cc(F)cc3OCCOC)cc2C1C. The molecule has 0 radical (unpaired) electrons. The quantitative estimate of drug-likeness (QED) is 0.132. The van der Waals surface area contributed by atoms with Crippen LogP contribution in [0.1, 0.15) is 49.8 Å². The molecular weight excluding hydrogens is 630 g/mol. The molecule has 1 amide bonds. The Balaban J connectivity index is 1.49. The molecule has 0 N–H and O–H groups in total. The van der Waals surface area contributed by atoms with Crippen LogP contribution in [0.15, 0.2) is 59.9 Å². The number of furan rings is 1. The molecule has 0 aliphatic carbocycles. The number of carbonyl (C=O) groups excluding carboxylic acids is 1. The highest BCUT2D eigenvalue weighted by molar-refractivity contribution is 6.06. The number of fused-ring (bicyclic) bond motifs is 3. The van der Waals surface area contributed by atoms with Crippen molar-refractivity contribution in [2.75, 3.05) is 33.9 Å². The maximum absolute atomic E-state index is 16.1. The first-order chi connectivity index (χ1) is 23.6. The Kier molecular flexibility index (Phi) is 8.53. The highest BCUT2D eigenvalue weighted by atomic mass is 19.1. The Morgan fingerprint density at radius 1 is 1.10 bits per heavy atom. The number of nitrogens with zero attached hydrogens (tertiary/aromatic N) is 6. The lowest BCUT2D eigenvalue weighted by Crippen LogP contribution is -2.42. The number of carbonyl (C=O) groups is 1. The van der Waals surface area contributed by atoms with Crippen LogP contribution < -0.4 is 4.74 Å². The molecule has 5 aromatic rings. The van der Waals surface area contributed by atoms with E-state index in [2.05, 4.69) is 31.5 Å². The van der Waals surface area contributed by atoms with Crippen molar-refractivity contribution in [2.24, 2.45) is 0 Å². The van der Waals surface area contributed by atoms with Crippen LogP contribution in [-0.2, 0) is 22.5 Å². The highest BCUT2D eigenvalue weighted by Crippen LogP contribution is 2.46.